The zero-order valence-electron chi connectivity index (χ0n) is 22.9. The Bertz CT molecular complexity index is 1300. The van der Waals surface area contributed by atoms with Crippen molar-refractivity contribution in [3.63, 3.8) is 0 Å². The highest BCUT2D eigenvalue weighted by Gasteiger charge is 2.55. The summed E-state index contributed by atoms with van der Waals surface area (Å²) in [5.41, 5.74) is 6.23. The van der Waals surface area contributed by atoms with Crippen LogP contribution in [0, 0.1) is 29.1 Å². The second kappa shape index (κ2) is 10.3. The van der Waals surface area contributed by atoms with Crippen LogP contribution < -0.4 is 15.8 Å². The first-order chi connectivity index (χ1) is 19.1. The van der Waals surface area contributed by atoms with Crippen LogP contribution in [0.25, 0.3) is 5.82 Å². The maximum atomic E-state index is 13.3. The number of hydrogen-bond donors (Lipinski definition) is 5. The van der Waals surface area contributed by atoms with E-state index in [0.29, 0.717) is 18.4 Å². The van der Waals surface area contributed by atoms with Crippen LogP contribution in [-0.2, 0) is 14.8 Å². The smallest absolute Gasteiger partial charge is 0.242 e. The molecule has 6 N–H and O–H groups in total. The zero-order chi connectivity index (χ0) is 28.1. The third-order valence-corrected chi connectivity index (χ3v) is 11.8. The van der Waals surface area contributed by atoms with Crippen molar-refractivity contribution in [1.29, 1.82) is 0 Å². The molecule has 5 aliphatic carbocycles. The molecule has 0 spiro atoms. The van der Waals surface area contributed by atoms with Gasteiger partial charge >= 0.3 is 0 Å². The molecule has 4 bridgehead atoms. The van der Waals surface area contributed by atoms with Crippen molar-refractivity contribution in [2.75, 3.05) is 13.1 Å². The fourth-order valence-corrected chi connectivity index (χ4v) is 9.47. The molecule has 0 radical (unpaired) electrons. The van der Waals surface area contributed by atoms with Crippen LogP contribution in [0.15, 0.2) is 35.4 Å². The van der Waals surface area contributed by atoms with Crippen LogP contribution in [0.3, 0.4) is 0 Å². The molecule has 218 valence electrons. The van der Waals surface area contributed by atoms with Crippen molar-refractivity contribution in [1.82, 2.24) is 19.6 Å². The molecule has 0 saturated heterocycles. The number of sulfonamides is 1. The van der Waals surface area contributed by atoms with Gasteiger partial charge in [-0.05, 0) is 86.2 Å². The number of nitrogens with two attached hydrogens (primary N) is 1. The Hall–Kier alpha value is -2.63. The van der Waals surface area contributed by atoms with Gasteiger partial charge in [0.05, 0.1) is 0 Å². The molecular weight excluding hydrogens is 530 g/mol. The topological polar surface area (TPSA) is 160 Å². The number of nitrogens with one attached hydrogen (secondary N) is 2. The van der Waals surface area contributed by atoms with E-state index in [4.69, 9.17) is 5.73 Å². The number of amides is 1. The van der Waals surface area contributed by atoms with Crippen LogP contribution in [0.1, 0.15) is 70.6 Å². The Morgan fingerprint density at radius 3 is 2.15 bits per heavy atom. The Labute approximate surface area is 235 Å². The van der Waals surface area contributed by atoms with Gasteiger partial charge in [-0.25, -0.2) is 22.7 Å². The minimum atomic E-state index is -3.89. The first-order valence-electron chi connectivity index (χ1n) is 14.7. The third-order valence-electron chi connectivity index (χ3n) is 10.4. The number of hydrogen-bond acceptors (Lipinski definition) is 7. The van der Waals surface area contributed by atoms with E-state index in [1.807, 2.05) is 0 Å². The summed E-state index contributed by atoms with van der Waals surface area (Å²) in [6, 6.07) is 5.44. The summed E-state index contributed by atoms with van der Waals surface area (Å²) in [5.74, 6) is 2.34. The maximum absolute atomic E-state index is 13.3. The molecule has 7 rings (SSSR count). The Kier molecular flexibility index (Phi) is 7.11. The minimum Gasteiger partial charge on any atom is -0.494 e. The Balaban J connectivity index is 1.09. The molecule has 2 aromatic rings. The minimum absolute atomic E-state index is 0.0234. The lowest BCUT2D eigenvalue weighted by Gasteiger charge is -2.60. The van der Waals surface area contributed by atoms with Crippen molar-refractivity contribution in [2.24, 2.45) is 34.8 Å². The van der Waals surface area contributed by atoms with Crippen LogP contribution in [0.5, 0.6) is 11.8 Å². The molecule has 10 nitrogen and oxygen atoms in total. The molecule has 40 heavy (non-hydrogen) atoms. The van der Waals surface area contributed by atoms with Crippen LogP contribution in [0.4, 0.5) is 0 Å². The zero-order valence-corrected chi connectivity index (χ0v) is 23.7. The summed E-state index contributed by atoms with van der Waals surface area (Å²) in [7, 11) is -3.89. The van der Waals surface area contributed by atoms with Crippen molar-refractivity contribution >= 4 is 15.9 Å². The lowest BCUT2D eigenvalue weighted by Crippen LogP contribution is -2.67. The summed E-state index contributed by atoms with van der Waals surface area (Å²) in [4.78, 5) is 17.4. The second-order valence-electron chi connectivity index (χ2n) is 13.0. The highest BCUT2D eigenvalue weighted by atomic mass is 32.2. The SMILES string of the molecule is NC1(CNC(=O)CC2(CNS(=O)(=O)c3ccc(-n4c(O)ccc4O)nc3)CCCCC2)C2CC3CC(C2)CC1C3. The molecule has 0 aliphatic heterocycles. The largest absolute Gasteiger partial charge is 0.494 e. The van der Waals surface area contributed by atoms with Gasteiger partial charge in [-0.3, -0.25) is 4.79 Å². The predicted octanol–water partition coefficient (Wildman–Crippen LogP) is 3.17. The second-order valence-corrected chi connectivity index (χ2v) is 14.8. The standard InChI is InChI=1S/C29H41N5O5S/c30-29(21-11-19-10-20(13-21)14-22(29)12-19)18-32-25(35)15-28(8-2-1-3-9-28)17-33-40(38,39)23-4-5-24(31-16-23)34-26(36)6-7-27(34)37/h4-7,16,19-22,33,36-37H,1-3,8-15,17-18,30H2,(H,32,35). The number of carbonyl (C=O) groups excluding carboxylic acids is 1. The molecule has 0 aromatic carbocycles. The van der Waals surface area contributed by atoms with Gasteiger partial charge in [0, 0.05) is 43.4 Å². The normalized spacial score (nSPS) is 30.8. The maximum Gasteiger partial charge on any atom is 0.242 e. The molecule has 2 aromatic heterocycles. The van der Waals surface area contributed by atoms with Crippen molar-refractivity contribution in [3.8, 4) is 17.6 Å². The fraction of sp³-hybridized carbons (Fsp3) is 0.655. The van der Waals surface area contributed by atoms with E-state index in [9.17, 15) is 23.4 Å². The van der Waals surface area contributed by atoms with E-state index in [2.05, 4.69) is 15.0 Å². The van der Waals surface area contributed by atoms with Gasteiger partial charge in [0.1, 0.15) is 10.7 Å². The number of rotatable bonds is 9. The Morgan fingerprint density at radius 2 is 1.57 bits per heavy atom. The molecule has 5 fully saturated rings. The number of carbonyl (C=O) groups is 1. The van der Waals surface area contributed by atoms with Crippen LogP contribution in [-0.4, -0.2) is 52.7 Å². The molecule has 1 amide bonds. The van der Waals surface area contributed by atoms with E-state index in [1.165, 1.54) is 62.6 Å². The van der Waals surface area contributed by atoms with Crippen molar-refractivity contribution < 1.29 is 23.4 Å². The number of pyridine rings is 1. The van der Waals surface area contributed by atoms with E-state index >= 15 is 0 Å². The lowest BCUT2D eigenvalue weighted by molar-refractivity contribution is -0.125. The molecule has 5 aliphatic rings. The average molecular weight is 572 g/mol. The van der Waals surface area contributed by atoms with Crippen LogP contribution in [0.2, 0.25) is 0 Å². The summed E-state index contributed by atoms with van der Waals surface area (Å²) < 4.78 is 30.2. The molecule has 5 saturated carbocycles. The highest BCUT2D eigenvalue weighted by Crippen LogP contribution is 2.57. The van der Waals surface area contributed by atoms with E-state index in [1.54, 1.807) is 0 Å². The highest BCUT2D eigenvalue weighted by molar-refractivity contribution is 7.89. The number of nitrogens with zero attached hydrogens (tertiary/aromatic N) is 2. The van der Waals surface area contributed by atoms with Gasteiger partial charge in [-0.1, -0.05) is 19.3 Å². The van der Waals surface area contributed by atoms with Gasteiger partial charge in [0.2, 0.25) is 15.9 Å². The summed E-state index contributed by atoms with van der Waals surface area (Å²) >= 11 is 0. The molecule has 2 heterocycles. The van der Waals surface area contributed by atoms with E-state index < -0.39 is 15.4 Å². The average Bonchev–Trinajstić information content (AvgIpc) is 3.27. The van der Waals surface area contributed by atoms with Crippen molar-refractivity contribution in [3.05, 3.63) is 30.5 Å². The first kappa shape index (κ1) is 27.5. The summed E-state index contributed by atoms with van der Waals surface area (Å²) in [6.07, 6.45) is 12.2. The summed E-state index contributed by atoms with van der Waals surface area (Å²) in [5, 5.41) is 23.0. The quantitative estimate of drug-likeness (QED) is 0.309. The third kappa shape index (κ3) is 5.12. The van der Waals surface area contributed by atoms with Gasteiger partial charge in [-0.2, -0.15) is 0 Å². The van der Waals surface area contributed by atoms with Gasteiger partial charge in [0.15, 0.2) is 11.8 Å². The van der Waals surface area contributed by atoms with Gasteiger partial charge < -0.3 is 21.3 Å². The van der Waals surface area contributed by atoms with E-state index in [-0.39, 0.29) is 46.9 Å². The monoisotopic (exact) mass is 571 g/mol. The van der Waals surface area contributed by atoms with Crippen molar-refractivity contribution in [2.45, 2.75) is 81.1 Å². The Morgan fingerprint density at radius 1 is 0.950 bits per heavy atom. The number of aromatic hydroxyl groups is 2. The molecule has 11 heteroatoms. The predicted molar refractivity (Wildman–Crippen MR) is 149 cm³/mol. The van der Waals surface area contributed by atoms with Gasteiger partial charge in [0.25, 0.3) is 0 Å². The number of aromatic nitrogens is 2. The fourth-order valence-electron chi connectivity index (χ4n) is 8.37. The molecular formula is C29H41N5O5S. The van der Waals surface area contributed by atoms with Crippen LogP contribution >= 0.6 is 0 Å². The lowest BCUT2D eigenvalue weighted by atomic mass is 9.49. The first-order valence-corrected chi connectivity index (χ1v) is 16.2. The summed E-state index contributed by atoms with van der Waals surface area (Å²) in [6.45, 7) is 0.680. The van der Waals surface area contributed by atoms with Gasteiger partial charge in [-0.15, -0.1) is 0 Å². The molecule has 0 unspecified atom stereocenters. The molecule has 0 atom stereocenters. The van der Waals surface area contributed by atoms with E-state index in [0.717, 1.165) is 48.5 Å².